The lowest BCUT2D eigenvalue weighted by atomic mass is 9.89. The van der Waals surface area contributed by atoms with E-state index in [2.05, 4.69) is 5.32 Å². The van der Waals surface area contributed by atoms with Crippen molar-refractivity contribution in [2.45, 2.75) is 44.8 Å². The Morgan fingerprint density at radius 1 is 1.17 bits per heavy atom. The molecule has 1 aromatic carbocycles. The molecule has 2 amide bonds. The summed E-state index contributed by atoms with van der Waals surface area (Å²) in [5.74, 6) is 0.218. The molecule has 1 aromatic rings. The maximum atomic E-state index is 12.5. The fraction of sp³-hybridized carbons (Fsp3) is 0.579. The normalized spacial score (nSPS) is 23.0. The zero-order valence-electron chi connectivity index (χ0n) is 14.2. The van der Waals surface area contributed by atoms with Crippen molar-refractivity contribution < 1.29 is 14.3 Å². The topological polar surface area (TPSA) is 58.6 Å². The maximum Gasteiger partial charge on any atom is 0.317 e. The molecule has 0 aliphatic carbocycles. The number of ether oxygens (including phenoxy) is 1. The number of carbonyl (C=O) groups excluding carboxylic acids is 2. The molecule has 2 atom stereocenters. The van der Waals surface area contributed by atoms with Crippen LogP contribution in [0.2, 0.25) is 0 Å². The van der Waals surface area contributed by atoms with Crippen LogP contribution in [0.15, 0.2) is 30.3 Å². The molecule has 0 spiro atoms. The van der Waals surface area contributed by atoms with Gasteiger partial charge in [0.25, 0.3) is 0 Å². The first-order valence-electron chi connectivity index (χ1n) is 8.91. The number of nitrogens with zero attached hydrogens (tertiary/aromatic N) is 1. The SMILES string of the molecule is C[C@H](NC(=O)N1CCC(C(=O)c2ccccc2)CC1)[C@H]1CCCO1. The first-order valence-corrected chi connectivity index (χ1v) is 8.91. The van der Waals surface area contributed by atoms with Gasteiger partial charge in [-0.15, -0.1) is 0 Å². The van der Waals surface area contributed by atoms with Gasteiger partial charge < -0.3 is 15.0 Å². The lowest BCUT2D eigenvalue weighted by Gasteiger charge is -2.33. The van der Waals surface area contributed by atoms with E-state index in [0.717, 1.165) is 37.9 Å². The number of piperidine rings is 1. The van der Waals surface area contributed by atoms with Gasteiger partial charge in [0, 0.05) is 31.2 Å². The minimum atomic E-state index is -0.0383. The lowest BCUT2D eigenvalue weighted by molar-refractivity contribution is 0.0788. The summed E-state index contributed by atoms with van der Waals surface area (Å²) in [7, 11) is 0. The van der Waals surface area contributed by atoms with Gasteiger partial charge in [0.1, 0.15) is 0 Å². The van der Waals surface area contributed by atoms with Crippen LogP contribution >= 0.6 is 0 Å². The van der Waals surface area contributed by atoms with E-state index in [1.807, 2.05) is 42.2 Å². The van der Waals surface area contributed by atoms with Crippen LogP contribution in [0, 0.1) is 5.92 Å². The Morgan fingerprint density at radius 3 is 2.50 bits per heavy atom. The molecular formula is C19H26N2O3. The van der Waals surface area contributed by atoms with Crippen molar-refractivity contribution in [3.05, 3.63) is 35.9 Å². The van der Waals surface area contributed by atoms with Crippen molar-refractivity contribution in [2.75, 3.05) is 19.7 Å². The first-order chi connectivity index (χ1) is 11.6. The van der Waals surface area contributed by atoms with Crippen LogP contribution in [0.1, 0.15) is 43.0 Å². The van der Waals surface area contributed by atoms with Crippen LogP contribution in [-0.4, -0.2) is 48.6 Å². The van der Waals surface area contributed by atoms with Crippen molar-refractivity contribution in [1.82, 2.24) is 10.2 Å². The second-order valence-electron chi connectivity index (χ2n) is 6.78. The first kappa shape index (κ1) is 17.0. The molecule has 0 bridgehead atoms. The zero-order valence-corrected chi connectivity index (χ0v) is 14.2. The summed E-state index contributed by atoms with van der Waals surface area (Å²) in [6.07, 6.45) is 3.67. The Bertz CT molecular complexity index is 561. The van der Waals surface area contributed by atoms with Gasteiger partial charge in [-0.05, 0) is 32.6 Å². The molecule has 0 saturated carbocycles. The number of benzene rings is 1. The highest BCUT2D eigenvalue weighted by atomic mass is 16.5. The molecule has 1 N–H and O–H groups in total. The van der Waals surface area contributed by atoms with Crippen LogP contribution in [0.4, 0.5) is 4.79 Å². The molecule has 2 saturated heterocycles. The molecule has 5 heteroatoms. The molecule has 3 rings (SSSR count). The van der Waals surface area contributed by atoms with Crippen LogP contribution in [0.5, 0.6) is 0 Å². The van der Waals surface area contributed by atoms with Gasteiger partial charge in [0.15, 0.2) is 5.78 Å². The van der Waals surface area contributed by atoms with Crippen LogP contribution in [0.25, 0.3) is 0 Å². The van der Waals surface area contributed by atoms with Crippen molar-refractivity contribution in [2.24, 2.45) is 5.92 Å². The third kappa shape index (κ3) is 3.96. The standard InChI is InChI=1S/C19H26N2O3/c1-14(17-8-5-13-24-17)20-19(23)21-11-9-16(10-12-21)18(22)15-6-3-2-4-7-15/h2-4,6-7,14,16-17H,5,8-13H2,1H3,(H,20,23)/t14-,17+/m0/s1. The average Bonchev–Trinajstić information content (AvgIpc) is 3.17. The molecule has 0 aromatic heterocycles. The third-order valence-corrected chi connectivity index (χ3v) is 5.08. The number of urea groups is 1. The third-order valence-electron chi connectivity index (χ3n) is 5.08. The highest BCUT2D eigenvalue weighted by Crippen LogP contribution is 2.22. The Morgan fingerprint density at radius 2 is 1.88 bits per heavy atom. The number of hydrogen-bond donors (Lipinski definition) is 1. The van der Waals surface area contributed by atoms with E-state index in [1.165, 1.54) is 0 Å². The lowest BCUT2D eigenvalue weighted by Crippen LogP contribution is -2.50. The predicted molar refractivity (Wildman–Crippen MR) is 92.0 cm³/mol. The zero-order chi connectivity index (χ0) is 16.9. The fourth-order valence-corrected chi connectivity index (χ4v) is 3.56. The molecule has 130 valence electrons. The van der Waals surface area contributed by atoms with E-state index in [1.54, 1.807) is 0 Å². The number of carbonyl (C=O) groups is 2. The van der Waals surface area contributed by atoms with E-state index < -0.39 is 0 Å². The van der Waals surface area contributed by atoms with Crippen LogP contribution < -0.4 is 5.32 Å². The number of likely N-dealkylation sites (tertiary alicyclic amines) is 1. The number of amides is 2. The number of nitrogens with one attached hydrogen (secondary N) is 1. The van der Waals surface area contributed by atoms with Crippen molar-refractivity contribution in [3.63, 3.8) is 0 Å². The van der Waals surface area contributed by atoms with E-state index >= 15 is 0 Å². The molecule has 0 radical (unpaired) electrons. The van der Waals surface area contributed by atoms with E-state index in [9.17, 15) is 9.59 Å². The maximum absolute atomic E-state index is 12.5. The molecule has 5 nitrogen and oxygen atoms in total. The van der Waals surface area contributed by atoms with Gasteiger partial charge in [-0.2, -0.15) is 0 Å². The second kappa shape index (κ2) is 7.79. The highest BCUT2D eigenvalue weighted by Gasteiger charge is 2.30. The molecule has 2 heterocycles. The number of hydrogen-bond acceptors (Lipinski definition) is 3. The smallest absolute Gasteiger partial charge is 0.317 e. The van der Waals surface area contributed by atoms with Crippen molar-refractivity contribution >= 4 is 11.8 Å². The van der Waals surface area contributed by atoms with E-state index in [0.29, 0.717) is 13.1 Å². The summed E-state index contributed by atoms with van der Waals surface area (Å²) in [4.78, 5) is 26.7. The van der Waals surface area contributed by atoms with Crippen molar-refractivity contribution in [1.29, 1.82) is 0 Å². The number of rotatable bonds is 4. The summed E-state index contributed by atoms with van der Waals surface area (Å²) >= 11 is 0. The van der Waals surface area contributed by atoms with Crippen LogP contribution in [-0.2, 0) is 4.74 Å². The fourth-order valence-electron chi connectivity index (χ4n) is 3.56. The Labute approximate surface area is 143 Å². The van der Waals surface area contributed by atoms with Gasteiger partial charge in [0.2, 0.25) is 0 Å². The minimum absolute atomic E-state index is 0.0204. The van der Waals surface area contributed by atoms with Crippen LogP contribution in [0.3, 0.4) is 0 Å². The molecule has 2 aliphatic heterocycles. The van der Waals surface area contributed by atoms with Gasteiger partial charge in [0.05, 0.1) is 12.1 Å². The van der Waals surface area contributed by atoms with E-state index in [4.69, 9.17) is 4.74 Å². The summed E-state index contributed by atoms with van der Waals surface area (Å²) in [6, 6.07) is 9.42. The van der Waals surface area contributed by atoms with Crippen molar-refractivity contribution in [3.8, 4) is 0 Å². The number of Topliss-reactive ketones (excluding diaryl/α,β-unsaturated/α-hetero) is 1. The minimum Gasteiger partial charge on any atom is -0.376 e. The largest absolute Gasteiger partial charge is 0.376 e. The molecular weight excluding hydrogens is 304 g/mol. The molecule has 2 fully saturated rings. The predicted octanol–water partition coefficient (Wildman–Crippen LogP) is 2.86. The molecule has 2 aliphatic rings. The van der Waals surface area contributed by atoms with Gasteiger partial charge in [-0.25, -0.2) is 4.79 Å². The van der Waals surface area contributed by atoms with Gasteiger partial charge in [-0.3, -0.25) is 4.79 Å². The number of ketones is 1. The average molecular weight is 330 g/mol. The summed E-state index contributed by atoms with van der Waals surface area (Å²) < 4.78 is 5.62. The summed E-state index contributed by atoms with van der Waals surface area (Å²) in [5.41, 5.74) is 0.771. The highest BCUT2D eigenvalue weighted by molar-refractivity contribution is 5.97. The van der Waals surface area contributed by atoms with E-state index in [-0.39, 0.29) is 29.9 Å². The molecule has 0 unspecified atom stereocenters. The second-order valence-corrected chi connectivity index (χ2v) is 6.78. The molecule has 24 heavy (non-hydrogen) atoms. The Hall–Kier alpha value is -1.88. The Kier molecular flexibility index (Phi) is 5.51. The monoisotopic (exact) mass is 330 g/mol. The Balaban J connectivity index is 1.47. The summed E-state index contributed by atoms with van der Waals surface area (Å²) in [6.45, 7) is 4.05. The quantitative estimate of drug-likeness (QED) is 0.864. The van der Waals surface area contributed by atoms with Gasteiger partial charge in [-0.1, -0.05) is 30.3 Å². The van der Waals surface area contributed by atoms with Gasteiger partial charge >= 0.3 is 6.03 Å². The summed E-state index contributed by atoms with van der Waals surface area (Å²) in [5, 5.41) is 3.04.